The van der Waals surface area contributed by atoms with E-state index >= 15 is 0 Å². The molecule has 138 valence electrons. The zero-order chi connectivity index (χ0) is 17.9. The minimum atomic E-state index is 0.545. The fourth-order valence-electron chi connectivity index (χ4n) is 2.72. The van der Waals surface area contributed by atoms with Gasteiger partial charge in [-0.2, -0.15) is 0 Å². The molecule has 0 atom stereocenters. The van der Waals surface area contributed by atoms with E-state index in [4.69, 9.17) is 14.2 Å². The Kier molecular flexibility index (Phi) is 5.08. The van der Waals surface area contributed by atoms with E-state index in [9.17, 15) is 0 Å². The Bertz CT molecular complexity index is 741. The molecule has 0 aromatic heterocycles. The third kappa shape index (κ3) is 3.83. The monoisotopic (exact) mass is 419 g/mol. The number of hydrazine groups is 1. The molecule has 26 heavy (non-hydrogen) atoms. The van der Waals surface area contributed by atoms with Crippen LogP contribution in [0.25, 0.3) is 5.70 Å². The van der Waals surface area contributed by atoms with Crippen LogP contribution in [-0.4, -0.2) is 35.9 Å². The summed E-state index contributed by atoms with van der Waals surface area (Å²) in [6.07, 6.45) is 8.59. The number of hydrogen-bond donors (Lipinski definition) is 1. The quantitative estimate of drug-likeness (QED) is 0.513. The van der Waals surface area contributed by atoms with E-state index in [0.29, 0.717) is 13.2 Å². The Hall–Kier alpha value is -2.12. The summed E-state index contributed by atoms with van der Waals surface area (Å²) in [6.45, 7) is 1.91. The van der Waals surface area contributed by atoms with Gasteiger partial charge in [0, 0.05) is 18.7 Å². The van der Waals surface area contributed by atoms with Crippen molar-refractivity contribution in [3.63, 3.8) is 0 Å². The van der Waals surface area contributed by atoms with E-state index in [1.807, 2.05) is 51.6 Å². The summed E-state index contributed by atoms with van der Waals surface area (Å²) in [5.74, 6) is 3.32. The van der Waals surface area contributed by atoms with E-state index in [-0.39, 0.29) is 0 Å². The van der Waals surface area contributed by atoms with Gasteiger partial charge in [-0.05, 0) is 49.1 Å². The van der Waals surface area contributed by atoms with Gasteiger partial charge >= 0.3 is 0 Å². The van der Waals surface area contributed by atoms with Crippen LogP contribution >= 0.6 is 16.1 Å². The van der Waals surface area contributed by atoms with E-state index in [2.05, 4.69) is 21.6 Å². The molecule has 7 heteroatoms. The molecule has 0 spiro atoms. The number of benzene rings is 1. The summed E-state index contributed by atoms with van der Waals surface area (Å²) in [5, 5.41) is 1.95. The van der Waals surface area contributed by atoms with Crippen LogP contribution in [0.3, 0.4) is 0 Å². The van der Waals surface area contributed by atoms with Gasteiger partial charge in [0.1, 0.15) is 18.2 Å². The number of hydrogen-bond acceptors (Lipinski definition) is 6. The lowest BCUT2D eigenvalue weighted by Gasteiger charge is -2.27. The first kappa shape index (κ1) is 17.3. The molecule has 1 aromatic rings. The fourth-order valence-corrected chi connectivity index (χ4v) is 3.31. The highest BCUT2D eigenvalue weighted by Gasteiger charge is 2.29. The Morgan fingerprint density at radius 2 is 1.92 bits per heavy atom. The number of rotatable bonds is 8. The third-order valence-corrected chi connectivity index (χ3v) is 5.15. The van der Waals surface area contributed by atoms with Gasteiger partial charge in [0.25, 0.3) is 0 Å². The topological polar surface area (TPSA) is 46.2 Å². The second-order valence-electron chi connectivity index (χ2n) is 6.45. The minimum absolute atomic E-state index is 0.545. The van der Waals surface area contributed by atoms with E-state index < -0.39 is 0 Å². The van der Waals surface area contributed by atoms with E-state index in [1.54, 1.807) is 7.11 Å². The number of nitrogens with zero attached hydrogens (tertiary/aromatic N) is 2. The number of ether oxygens (including phenoxy) is 3. The maximum Gasteiger partial charge on any atom is 0.206 e. The molecule has 1 fully saturated rings. The van der Waals surface area contributed by atoms with Crippen molar-refractivity contribution in [2.45, 2.75) is 12.8 Å². The zero-order valence-electron chi connectivity index (χ0n) is 14.7. The standard InChI is InChI=1S/C19H22BrN3O3/c1-24-10-11-25-16-6-4-15(5-7-16)17-12-22-19(23(17)20)9-8-18(21-22)26-13-14-2-3-14/h4-9,12,14,21H,2-3,10-11,13H2,1H3. The molecule has 6 nitrogen and oxygen atoms in total. The SMILES string of the molecule is COCCOc1ccc(C2=CN3NC(OCC4CC4)=CC=C3N2Br)cc1. The number of fused-ring (bicyclic) bond motifs is 1. The number of halogens is 1. The van der Waals surface area contributed by atoms with Gasteiger partial charge in [-0.25, -0.2) is 5.01 Å². The molecule has 2 aliphatic heterocycles. The van der Waals surface area contributed by atoms with Gasteiger partial charge in [0.05, 0.1) is 41.3 Å². The molecular formula is C19H22BrN3O3. The molecule has 0 amide bonds. The van der Waals surface area contributed by atoms with Gasteiger partial charge < -0.3 is 14.2 Å². The van der Waals surface area contributed by atoms with E-state index in [1.165, 1.54) is 12.8 Å². The summed E-state index contributed by atoms with van der Waals surface area (Å²) >= 11 is 3.64. The largest absolute Gasteiger partial charge is 0.491 e. The molecule has 1 aromatic carbocycles. The Morgan fingerprint density at radius 3 is 2.65 bits per heavy atom. The molecule has 0 radical (unpaired) electrons. The van der Waals surface area contributed by atoms with Crippen LogP contribution in [0.1, 0.15) is 18.4 Å². The van der Waals surface area contributed by atoms with Crippen LogP contribution < -0.4 is 10.2 Å². The number of methoxy groups -OCH3 is 1. The normalized spacial score (nSPS) is 18.6. The van der Waals surface area contributed by atoms with Gasteiger partial charge in [-0.1, -0.05) is 0 Å². The van der Waals surface area contributed by atoms with Crippen LogP contribution in [0.15, 0.2) is 54.3 Å². The molecule has 0 unspecified atom stereocenters. The van der Waals surface area contributed by atoms with Crippen molar-refractivity contribution >= 4 is 21.8 Å². The first-order valence-electron chi connectivity index (χ1n) is 8.75. The average molecular weight is 420 g/mol. The first-order chi connectivity index (χ1) is 12.7. The summed E-state index contributed by atoms with van der Waals surface area (Å²) < 4.78 is 18.4. The highest BCUT2D eigenvalue weighted by molar-refractivity contribution is 9.07. The molecule has 1 saturated carbocycles. The Labute approximate surface area is 162 Å². The van der Waals surface area contributed by atoms with Crippen LogP contribution in [0.4, 0.5) is 0 Å². The highest BCUT2D eigenvalue weighted by atomic mass is 79.9. The molecular weight excluding hydrogens is 398 g/mol. The first-order valence-corrected chi connectivity index (χ1v) is 9.46. The maximum atomic E-state index is 5.83. The number of allylic oxidation sites excluding steroid dienone is 2. The van der Waals surface area contributed by atoms with Gasteiger partial charge in [-0.3, -0.25) is 9.35 Å². The predicted molar refractivity (Wildman–Crippen MR) is 102 cm³/mol. The van der Waals surface area contributed by atoms with Crippen LogP contribution in [0, 0.1) is 5.92 Å². The summed E-state index contributed by atoms with van der Waals surface area (Å²) in [4.78, 5) is 0. The fraction of sp³-hybridized carbons (Fsp3) is 0.368. The number of nitrogens with one attached hydrogen (secondary N) is 1. The summed E-state index contributed by atoms with van der Waals surface area (Å²) in [7, 11) is 1.67. The molecule has 0 bridgehead atoms. The maximum absolute atomic E-state index is 5.83. The highest BCUT2D eigenvalue weighted by Crippen LogP contribution is 2.37. The third-order valence-electron chi connectivity index (χ3n) is 4.40. The minimum Gasteiger partial charge on any atom is -0.491 e. The zero-order valence-corrected chi connectivity index (χ0v) is 16.2. The second kappa shape index (κ2) is 7.63. The lowest BCUT2D eigenvalue weighted by atomic mass is 10.1. The van der Waals surface area contributed by atoms with Crippen molar-refractivity contribution in [1.29, 1.82) is 0 Å². The van der Waals surface area contributed by atoms with Crippen molar-refractivity contribution in [2.24, 2.45) is 5.92 Å². The van der Waals surface area contributed by atoms with Crippen molar-refractivity contribution in [1.82, 2.24) is 14.4 Å². The van der Waals surface area contributed by atoms with Gasteiger partial charge in [0.2, 0.25) is 5.88 Å². The summed E-state index contributed by atoms with van der Waals surface area (Å²) in [5.41, 5.74) is 5.41. The lowest BCUT2D eigenvalue weighted by molar-refractivity contribution is 0.141. The Morgan fingerprint density at radius 1 is 1.12 bits per heavy atom. The molecule has 4 rings (SSSR count). The molecule has 1 N–H and O–H groups in total. The lowest BCUT2D eigenvalue weighted by Crippen LogP contribution is -2.35. The molecule has 2 heterocycles. The van der Waals surface area contributed by atoms with Crippen molar-refractivity contribution in [3.05, 3.63) is 59.9 Å². The van der Waals surface area contributed by atoms with Crippen molar-refractivity contribution in [2.75, 3.05) is 26.9 Å². The molecule has 1 aliphatic carbocycles. The van der Waals surface area contributed by atoms with Crippen LogP contribution in [-0.2, 0) is 9.47 Å². The van der Waals surface area contributed by atoms with Gasteiger partial charge in [0.15, 0.2) is 0 Å². The molecule has 0 saturated heterocycles. The van der Waals surface area contributed by atoms with Crippen molar-refractivity contribution in [3.8, 4) is 5.75 Å². The predicted octanol–water partition coefficient (Wildman–Crippen LogP) is 3.57. The van der Waals surface area contributed by atoms with Crippen LogP contribution in [0.2, 0.25) is 0 Å². The van der Waals surface area contributed by atoms with Crippen molar-refractivity contribution < 1.29 is 14.2 Å². The van der Waals surface area contributed by atoms with Gasteiger partial charge in [-0.15, -0.1) is 0 Å². The van der Waals surface area contributed by atoms with E-state index in [0.717, 1.165) is 41.2 Å². The summed E-state index contributed by atoms with van der Waals surface area (Å²) in [6, 6.07) is 8.01. The Balaban J connectivity index is 1.41. The van der Waals surface area contributed by atoms with Crippen LogP contribution in [0.5, 0.6) is 5.75 Å². The average Bonchev–Trinajstić information content (AvgIpc) is 3.44. The molecule has 3 aliphatic rings. The second-order valence-corrected chi connectivity index (χ2v) is 7.16. The smallest absolute Gasteiger partial charge is 0.206 e.